The third kappa shape index (κ3) is 4.40. The first kappa shape index (κ1) is 17.6. The Morgan fingerprint density at radius 2 is 1.17 bits per heavy atom. The van der Waals surface area contributed by atoms with Gasteiger partial charge in [0.05, 0.1) is 18.6 Å². The van der Waals surface area contributed by atoms with Crippen LogP contribution < -0.4 is 0 Å². The van der Waals surface area contributed by atoms with Gasteiger partial charge in [-0.05, 0) is 85.3 Å². The van der Waals surface area contributed by atoms with E-state index >= 15 is 0 Å². The van der Waals surface area contributed by atoms with Crippen molar-refractivity contribution in [2.75, 3.05) is 12.5 Å². The van der Waals surface area contributed by atoms with Crippen molar-refractivity contribution in [3.05, 3.63) is 46.5 Å². The first-order chi connectivity index (χ1) is 10.8. The highest BCUT2D eigenvalue weighted by Gasteiger charge is 2.19. The van der Waals surface area contributed by atoms with Crippen LogP contribution in [0.3, 0.4) is 0 Å². The van der Waals surface area contributed by atoms with Gasteiger partial charge in [-0.2, -0.15) is 0 Å². The van der Waals surface area contributed by atoms with Gasteiger partial charge in [0.25, 0.3) is 0 Å². The van der Waals surface area contributed by atoms with E-state index in [1.54, 1.807) is 0 Å². The average Bonchev–Trinajstić information content (AvgIpc) is 3.34. The molecule has 124 valence electrons. The molecule has 1 heterocycles. The molecule has 3 nitrogen and oxygen atoms in total. The number of halogens is 1. The Balaban J connectivity index is 0.000000326. The van der Waals surface area contributed by atoms with E-state index in [4.69, 9.17) is 16.3 Å². The predicted molar refractivity (Wildman–Crippen MR) is 94.6 cm³/mol. The van der Waals surface area contributed by atoms with Crippen LogP contribution in [-0.2, 0) is 4.74 Å². The first-order valence-electron chi connectivity index (χ1n) is 7.61. The molecular weight excluding hydrogens is 312 g/mol. The number of hydrogen-bond acceptors (Lipinski definition) is 3. The van der Waals surface area contributed by atoms with Crippen molar-refractivity contribution in [1.82, 2.24) is 0 Å². The van der Waals surface area contributed by atoms with Crippen LogP contribution in [-0.4, -0.2) is 28.8 Å². The van der Waals surface area contributed by atoms with Crippen molar-refractivity contribution in [3.8, 4) is 22.6 Å². The number of aryl methyl sites for hydroxylation is 4. The van der Waals surface area contributed by atoms with Crippen LogP contribution in [0.1, 0.15) is 22.3 Å². The molecule has 4 heteroatoms. The Morgan fingerprint density at radius 3 is 1.35 bits per heavy atom. The number of ether oxygens (including phenoxy) is 1. The third-order valence-electron chi connectivity index (χ3n) is 3.89. The van der Waals surface area contributed by atoms with E-state index in [1.165, 1.54) is 0 Å². The van der Waals surface area contributed by atoms with Crippen LogP contribution >= 0.6 is 11.6 Å². The Bertz CT molecular complexity index is 604. The Morgan fingerprint density at radius 1 is 0.870 bits per heavy atom. The molecule has 2 aromatic carbocycles. The lowest BCUT2D eigenvalue weighted by atomic mass is 9.96. The highest BCUT2D eigenvalue weighted by molar-refractivity contribution is 6.18. The van der Waals surface area contributed by atoms with Crippen LogP contribution in [0.2, 0.25) is 0 Å². The van der Waals surface area contributed by atoms with E-state index in [0.29, 0.717) is 23.5 Å². The second-order valence-corrected chi connectivity index (χ2v) is 6.34. The van der Waals surface area contributed by atoms with E-state index in [9.17, 15) is 10.2 Å². The fourth-order valence-corrected chi connectivity index (χ4v) is 2.58. The molecule has 0 aliphatic carbocycles. The number of phenolic OH excluding ortho intramolecular Hbond substituents is 2. The fourth-order valence-electron chi connectivity index (χ4n) is 2.40. The SMILES string of the molecule is Cc1cc(-c2cc(C)c(O)c(C)c2)cc(C)c1O.ClCC1CO1. The summed E-state index contributed by atoms with van der Waals surface area (Å²) in [6, 6.07) is 7.86. The summed E-state index contributed by atoms with van der Waals surface area (Å²) >= 11 is 5.27. The Hall–Kier alpha value is -1.71. The van der Waals surface area contributed by atoms with Crippen LogP contribution in [0, 0.1) is 27.7 Å². The molecule has 0 amide bonds. The molecule has 3 rings (SSSR count). The van der Waals surface area contributed by atoms with Crippen LogP contribution in [0.25, 0.3) is 11.1 Å². The quantitative estimate of drug-likeness (QED) is 0.622. The summed E-state index contributed by atoms with van der Waals surface area (Å²) in [5.74, 6) is 1.37. The van der Waals surface area contributed by atoms with Gasteiger partial charge < -0.3 is 14.9 Å². The number of rotatable bonds is 2. The third-order valence-corrected chi connectivity index (χ3v) is 4.23. The van der Waals surface area contributed by atoms with Gasteiger partial charge in [-0.25, -0.2) is 0 Å². The highest BCUT2D eigenvalue weighted by atomic mass is 35.5. The van der Waals surface area contributed by atoms with Gasteiger partial charge in [0.2, 0.25) is 0 Å². The molecule has 0 bridgehead atoms. The summed E-state index contributed by atoms with van der Waals surface area (Å²) in [5, 5.41) is 19.6. The zero-order chi connectivity index (χ0) is 17.1. The number of hydrogen-bond donors (Lipinski definition) is 2. The Kier molecular flexibility index (Phi) is 5.55. The lowest BCUT2D eigenvalue weighted by Crippen LogP contribution is -1.88. The molecule has 1 atom stereocenters. The summed E-state index contributed by atoms with van der Waals surface area (Å²) in [7, 11) is 0. The van der Waals surface area contributed by atoms with Crippen molar-refractivity contribution in [2.24, 2.45) is 0 Å². The molecule has 1 aliphatic heterocycles. The normalized spacial score (nSPS) is 15.8. The lowest BCUT2D eigenvalue weighted by Gasteiger charge is -2.11. The maximum absolute atomic E-state index is 9.79. The van der Waals surface area contributed by atoms with Crippen LogP contribution in [0.5, 0.6) is 11.5 Å². The van der Waals surface area contributed by atoms with Crippen molar-refractivity contribution in [1.29, 1.82) is 0 Å². The largest absolute Gasteiger partial charge is 0.507 e. The monoisotopic (exact) mass is 334 g/mol. The molecule has 1 saturated heterocycles. The number of alkyl halides is 1. The molecule has 23 heavy (non-hydrogen) atoms. The van der Waals surface area contributed by atoms with Crippen LogP contribution in [0.4, 0.5) is 0 Å². The van der Waals surface area contributed by atoms with Crippen molar-refractivity contribution < 1.29 is 14.9 Å². The summed E-state index contributed by atoms with van der Waals surface area (Å²) in [4.78, 5) is 0. The van der Waals surface area contributed by atoms with Crippen LogP contribution in [0.15, 0.2) is 24.3 Å². The fraction of sp³-hybridized carbons (Fsp3) is 0.368. The van der Waals surface area contributed by atoms with Crippen molar-refractivity contribution in [3.63, 3.8) is 0 Å². The molecule has 2 aromatic rings. The predicted octanol–water partition coefficient (Wildman–Crippen LogP) is 4.62. The van der Waals surface area contributed by atoms with Gasteiger partial charge in [-0.3, -0.25) is 0 Å². The van der Waals surface area contributed by atoms with E-state index in [0.717, 1.165) is 40.0 Å². The van der Waals surface area contributed by atoms with Gasteiger partial charge in [0.1, 0.15) is 11.5 Å². The van der Waals surface area contributed by atoms with Gasteiger partial charge in [0.15, 0.2) is 0 Å². The maximum Gasteiger partial charge on any atom is 0.121 e. The minimum Gasteiger partial charge on any atom is -0.507 e. The molecule has 2 N–H and O–H groups in total. The average molecular weight is 335 g/mol. The minimum atomic E-state index is 0.353. The molecule has 1 fully saturated rings. The number of benzene rings is 2. The lowest BCUT2D eigenvalue weighted by molar-refractivity contribution is 0.425. The van der Waals surface area contributed by atoms with E-state index in [1.807, 2.05) is 52.0 Å². The van der Waals surface area contributed by atoms with E-state index < -0.39 is 0 Å². The van der Waals surface area contributed by atoms with Crippen molar-refractivity contribution >= 4 is 11.6 Å². The smallest absolute Gasteiger partial charge is 0.121 e. The van der Waals surface area contributed by atoms with Gasteiger partial charge in [0, 0.05) is 0 Å². The molecule has 0 spiro atoms. The summed E-state index contributed by atoms with van der Waals surface area (Å²) < 4.78 is 4.73. The Labute approximate surface area is 142 Å². The molecule has 0 aromatic heterocycles. The van der Waals surface area contributed by atoms with Crippen molar-refractivity contribution in [2.45, 2.75) is 33.8 Å². The summed E-state index contributed by atoms with van der Waals surface area (Å²) in [6.45, 7) is 8.46. The topological polar surface area (TPSA) is 53.0 Å². The molecular formula is C19H23ClO3. The number of phenols is 2. The second-order valence-electron chi connectivity index (χ2n) is 6.03. The molecule has 1 unspecified atom stereocenters. The number of epoxide rings is 1. The second kappa shape index (κ2) is 7.24. The minimum absolute atomic E-state index is 0.353. The zero-order valence-corrected chi connectivity index (χ0v) is 14.7. The first-order valence-corrected chi connectivity index (χ1v) is 8.15. The molecule has 0 radical (unpaired) electrons. The zero-order valence-electron chi connectivity index (χ0n) is 14.0. The molecule has 0 saturated carbocycles. The molecule has 1 aliphatic rings. The van der Waals surface area contributed by atoms with Gasteiger partial charge >= 0.3 is 0 Å². The summed E-state index contributed by atoms with van der Waals surface area (Å²) in [5.41, 5.74) is 5.60. The summed E-state index contributed by atoms with van der Waals surface area (Å²) in [6.07, 6.45) is 0.400. The number of aromatic hydroxyl groups is 2. The standard InChI is InChI=1S/C16H18O2.C3H5ClO/c1-9-5-13(6-10(2)15(9)17)14-7-11(3)16(18)12(4)8-14;4-1-3-2-5-3/h5-8,17-18H,1-4H3;3H,1-2H2. The van der Waals surface area contributed by atoms with E-state index in [2.05, 4.69) is 0 Å². The van der Waals surface area contributed by atoms with Gasteiger partial charge in [-0.15, -0.1) is 11.6 Å². The highest BCUT2D eigenvalue weighted by Crippen LogP contribution is 2.32. The maximum atomic E-state index is 9.79. The van der Waals surface area contributed by atoms with E-state index in [-0.39, 0.29) is 0 Å². The van der Waals surface area contributed by atoms with Gasteiger partial charge in [-0.1, -0.05) is 0 Å².